The maximum absolute atomic E-state index is 13.8. The van der Waals surface area contributed by atoms with Gasteiger partial charge in [-0.2, -0.15) is 13.2 Å². The van der Waals surface area contributed by atoms with E-state index in [4.69, 9.17) is 0 Å². The predicted molar refractivity (Wildman–Crippen MR) is 90.3 cm³/mol. The molecule has 0 spiro atoms. The number of carbonyl (C=O) groups is 1. The molecule has 7 heteroatoms. The van der Waals surface area contributed by atoms with Crippen LogP contribution in [0.25, 0.3) is 0 Å². The molecule has 2 aromatic rings. The number of benzene rings is 2. The molecule has 3 rings (SSSR count). The molecule has 2 aromatic carbocycles. The maximum Gasteiger partial charge on any atom is 0.416 e. The number of hydrogen-bond acceptors (Lipinski definition) is 1. The van der Waals surface area contributed by atoms with E-state index < -0.39 is 46.8 Å². The molecule has 1 amide bonds. The molecule has 0 unspecified atom stereocenters. The van der Waals surface area contributed by atoms with Crippen molar-refractivity contribution in [3.63, 3.8) is 0 Å². The van der Waals surface area contributed by atoms with Crippen LogP contribution in [0.2, 0.25) is 0 Å². The van der Waals surface area contributed by atoms with Crippen molar-refractivity contribution in [2.75, 3.05) is 0 Å². The van der Waals surface area contributed by atoms with Gasteiger partial charge in [0.05, 0.1) is 5.56 Å². The molecule has 0 aliphatic heterocycles. The van der Waals surface area contributed by atoms with E-state index in [1.54, 1.807) is 0 Å². The summed E-state index contributed by atoms with van der Waals surface area (Å²) in [7, 11) is 0. The molecule has 0 bridgehead atoms. The van der Waals surface area contributed by atoms with Gasteiger partial charge in [-0.25, -0.2) is 8.78 Å². The molecule has 0 aromatic heterocycles. The maximum atomic E-state index is 13.8. The minimum atomic E-state index is -4.51. The Kier molecular flexibility index (Phi) is 5.48. The molecule has 1 aliphatic carbocycles. The first kappa shape index (κ1) is 19.3. The summed E-state index contributed by atoms with van der Waals surface area (Å²) >= 11 is 0. The van der Waals surface area contributed by atoms with Gasteiger partial charge in [0.25, 0.3) is 5.91 Å². The third-order valence-electron chi connectivity index (χ3n) is 4.94. The largest absolute Gasteiger partial charge is 0.416 e. The highest BCUT2D eigenvalue weighted by atomic mass is 19.4. The highest BCUT2D eigenvalue weighted by molar-refractivity contribution is 5.95. The summed E-state index contributed by atoms with van der Waals surface area (Å²) in [6, 6.07) is 7.70. The fourth-order valence-corrected chi connectivity index (χ4v) is 3.71. The van der Waals surface area contributed by atoms with Crippen LogP contribution in [0, 0.1) is 11.6 Å². The van der Waals surface area contributed by atoms with Crippen molar-refractivity contribution in [1.82, 2.24) is 5.32 Å². The third-order valence-corrected chi connectivity index (χ3v) is 4.94. The third kappa shape index (κ3) is 4.12. The Bertz CT molecular complexity index is 813. The fourth-order valence-electron chi connectivity index (χ4n) is 3.71. The van der Waals surface area contributed by atoms with Crippen LogP contribution in [0.4, 0.5) is 22.0 Å². The zero-order valence-corrected chi connectivity index (χ0v) is 14.3. The second-order valence-electron chi connectivity index (χ2n) is 6.65. The lowest BCUT2D eigenvalue weighted by molar-refractivity contribution is -0.138. The lowest BCUT2D eigenvalue weighted by atomic mass is 9.78. The number of hydrogen-bond donors (Lipinski definition) is 1. The zero-order chi connectivity index (χ0) is 19.6. The number of nitrogens with one attached hydrogen (secondary N) is 1. The van der Waals surface area contributed by atoms with E-state index in [1.165, 1.54) is 18.2 Å². The summed E-state index contributed by atoms with van der Waals surface area (Å²) in [5.74, 6) is -3.53. The summed E-state index contributed by atoms with van der Waals surface area (Å²) in [5, 5.41) is 2.56. The minimum absolute atomic E-state index is 0.101. The van der Waals surface area contributed by atoms with Gasteiger partial charge in [0.2, 0.25) is 0 Å². The van der Waals surface area contributed by atoms with Gasteiger partial charge < -0.3 is 5.32 Å². The Morgan fingerprint density at radius 3 is 2.22 bits per heavy atom. The van der Waals surface area contributed by atoms with Crippen LogP contribution < -0.4 is 5.32 Å². The van der Waals surface area contributed by atoms with Crippen molar-refractivity contribution in [3.05, 3.63) is 70.8 Å². The van der Waals surface area contributed by atoms with Gasteiger partial charge in [-0.3, -0.25) is 4.79 Å². The Hall–Kier alpha value is -2.44. The minimum Gasteiger partial charge on any atom is -0.349 e. The topological polar surface area (TPSA) is 29.1 Å². The normalized spacial score (nSPS) is 20.3. The summed E-state index contributed by atoms with van der Waals surface area (Å²) in [4.78, 5) is 12.4. The summed E-state index contributed by atoms with van der Waals surface area (Å²) in [6.07, 6.45) is -2.18. The average molecular weight is 383 g/mol. The van der Waals surface area contributed by atoms with Crippen LogP contribution in [0.3, 0.4) is 0 Å². The Labute approximate surface area is 153 Å². The SMILES string of the molecule is O=C(N[C@H]1CCCC[C@H]1c1ccccc1C(F)(F)F)c1c(F)cccc1F. The molecule has 1 aliphatic rings. The van der Waals surface area contributed by atoms with E-state index in [0.29, 0.717) is 12.8 Å². The molecule has 2 nitrogen and oxygen atoms in total. The Morgan fingerprint density at radius 2 is 1.56 bits per heavy atom. The van der Waals surface area contributed by atoms with Gasteiger partial charge in [-0.1, -0.05) is 37.1 Å². The fraction of sp³-hybridized carbons (Fsp3) is 0.350. The van der Waals surface area contributed by atoms with Crippen LogP contribution in [-0.2, 0) is 6.18 Å². The summed E-state index contributed by atoms with van der Waals surface area (Å²) in [5.41, 5.74) is -1.36. The van der Waals surface area contributed by atoms with E-state index in [9.17, 15) is 26.7 Å². The van der Waals surface area contributed by atoms with Gasteiger partial charge in [0, 0.05) is 12.0 Å². The Morgan fingerprint density at radius 1 is 0.926 bits per heavy atom. The first-order valence-electron chi connectivity index (χ1n) is 8.70. The molecule has 2 atom stereocenters. The zero-order valence-electron chi connectivity index (χ0n) is 14.3. The molecule has 27 heavy (non-hydrogen) atoms. The van der Waals surface area contributed by atoms with Gasteiger partial charge in [-0.15, -0.1) is 0 Å². The van der Waals surface area contributed by atoms with Crippen LogP contribution in [0.5, 0.6) is 0 Å². The number of amides is 1. The highest BCUT2D eigenvalue weighted by Crippen LogP contribution is 2.40. The lowest BCUT2D eigenvalue weighted by Gasteiger charge is -2.34. The lowest BCUT2D eigenvalue weighted by Crippen LogP contribution is -2.42. The van der Waals surface area contributed by atoms with Crippen molar-refractivity contribution in [1.29, 1.82) is 0 Å². The smallest absolute Gasteiger partial charge is 0.349 e. The molecule has 1 fully saturated rings. The number of carbonyl (C=O) groups excluding carboxylic acids is 1. The van der Waals surface area contributed by atoms with Crippen molar-refractivity contribution in [3.8, 4) is 0 Å². The van der Waals surface area contributed by atoms with Crippen LogP contribution in [0.15, 0.2) is 42.5 Å². The summed E-state index contributed by atoms with van der Waals surface area (Å²) < 4.78 is 67.8. The van der Waals surface area contributed by atoms with E-state index >= 15 is 0 Å². The average Bonchev–Trinajstić information content (AvgIpc) is 2.61. The van der Waals surface area contributed by atoms with E-state index in [0.717, 1.165) is 37.1 Å². The van der Waals surface area contributed by atoms with Gasteiger partial charge in [0.1, 0.15) is 17.2 Å². The van der Waals surface area contributed by atoms with Crippen molar-refractivity contribution in [2.45, 2.75) is 43.8 Å². The highest BCUT2D eigenvalue weighted by Gasteiger charge is 2.38. The monoisotopic (exact) mass is 383 g/mol. The first-order chi connectivity index (χ1) is 12.8. The molecule has 0 saturated heterocycles. The standard InChI is InChI=1S/C20H18F5NO/c21-15-9-5-10-16(22)18(15)19(27)26-17-11-4-2-7-13(17)12-6-1-3-8-14(12)20(23,24)25/h1,3,5-6,8-10,13,17H,2,4,7,11H2,(H,26,27)/t13-,17-/m0/s1. The molecule has 1 N–H and O–H groups in total. The molecule has 144 valence electrons. The Balaban J connectivity index is 1.90. The van der Waals surface area contributed by atoms with Gasteiger partial charge in [0.15, 0.2) is 0 Å². The quantitative estimate of drug-likeness (QED) is 0.703. The second kappa shape index (κ2) is 7.66. The second-order valence-corrected chi connectivity index (χ2v) is 6.65. The molecule has 1 saturated carbocycles. The molecular weight excluding hydrogens is 365 g/mol. The number of rotatable bonds is 3. The molecular formula is C20H18F5NO. The van der Waals surface area contributed by atoms with Gasteiger partial charge >= 0.3 is 6.18 Å². The predicted octanol–water partition coefficient (Wildman–Crippen LogP) is 5.44. The van der Waals surface area contributed by atoms with Gasteiger partial charge in [-0.05, 0) is 36.6 Å². The number of alkyl halides is 3. The van der Waals surface area contributed by atoms with Crippen molar-refractivity contribution in [2.24, 2.45) is 0 Å². The van der Waals surface area contributed by atoms with Crippen LogP contribution in [-0.4, -0.2) is 11.9 Å². The molecule has 0 heterocycles. The van der Waals surface area contributed by atoms with E-state index in [2.05, 4.69) is 5.32 Å². The van der Waals surface area contributed by atoms with Crippen LogP contribution >= 0.6 is 0 Å². The van der Waals surface area contributed by atoms with E-state index in [1.807, 2.05) is 0 Å². The van der Waals surface area contributed by atoms with Crippen molar-refractivity contribution >= 4 is 5.91 Å². The number of halogens is 5. The van der Waals surface area contributed by atoms with E-state index in [-0.39, 0.29) is 5.56 Å². The molecule has 0 radical (unpaired) electrons. The first-order valence-corrected chi connectivity index (χ1v) is 8.70. The van der Waals surface area contributed by atoms with Crippen molar-refractivity contribution < 1.29 is 26.7 Å². The summed E-state index contributed by atoms with van der Waals surface area (Å²) in [6.45, 7) is 0. The van der Waals surface area contributed by atoms with Crippen LogP contribution in [0.1, 0.15) is 53.1 Å².